The normalized spacial score (nSPS) is 15.6. The Kier molecular flexibility index (Phi) is 3.22. The van der Waals surface area contributed by atoms with Gasteiger partial charge in [-0.05, 0) is 0 Å². The van der Waals surface area contributed by atoms with Crippen molar-refractivity contribution in [2.24, 2.45) is 0 Å². The van der Waals surface area contributed by atoms with Crippen LogP contribution in [0.25, 0.3) is 0 Å². The molecule has 15 heavy (non-hydrogen) atoms. The number of alkyl halides is 10. The van der Waals surface area contributed by atoms with Gasteiger partial charge in [-0.3, -0.25) is 0 Å². The average molecular weight is 253 g/mol. The van der Waals surface area contributed by atoms with E-state index in [0.717, 1.165) is 0 Å². The first-order valence-corrected chi connectivity index (χ1v) is 2.89. The van der Waals surface area contributed by atoms with Crippen molar-refractivity contribution in [1.82, 2.24) is 5.32 Å². The van der Waals surface area contributed by atoms with Crippen LogP contribution in [-0.4, -0.2) is 24.4 Å². The quantitative estimate of drug-likeness (QED) is 0.589. The summed E-state index contributed by atoms with van der Waals surface area (Å²) >= 11 is 0. The maximum Gasteiger partial charge on any atom is 0.469 e. The Morgan fingerprint density at radius 3 is 0.800 bits per heavy atom. The predicted molar refractivity (Wildman–Crippen MR) is 25.1 cm³/mol. The molecule has 0 heterocycles. The van der Waals surface area contributed by atoms with E-state index in [2.05, 4.69) is 0 Å². The minimum absolute atomic E-state index is 1.10. The van der Waals surface area contributed by atoms with Gasteiger partial charge in [0.2, 0.25) is 0 Å². The summed E-state index contributed by atoms with van der Waals surface area (Å²) in [5.74, 6) is 0. The third kappa shape index (κ3) is 3.11. The van der Waals surface area contributed by atoms with E-state index in [1.54, 1.807) is 0 Å². The minimum atomic E-state index is -6.55. The fourth-order valence-electron chi connectivity index (χ4n) is 0.339. The highest BCUT2D eigenvalue weighted by Crippen LogP contribution is 2.40. The number of nitrogens with one attached hydrogen (secondary N) is 1. The molecule has 0 saturated heterocycles. The molecule has 0 atom stereocenters. The molecule has 0 fully saturated rings. The Morgan fingerprint density at radius 2 is 0.667 bits per heavy atom. The molecule has 1 N–H and O–H groups in total. The summed E-state index contributed by atoms with van der Waals surface area (Å²) in [7, 11) is 0. The van der Waals surface area contributed by atoms with Crippen molar-refractivity contribution in [3.8, 4) is 0 Å². The smallest absolute Gasteiger partial charge is 0.182 e. The lowest BCUT2D eigenvalue weighted by Crippen LogP contribution is -2.61. The highest BCUT2D eigenvalue weighted by atomic mass is 19.4. The van der Waals surface area contributed by atoms with Gasteiger partial charge in [-0.25, -0.2) is 0 Å². The molecule has 0 aromatic heterocycles. The second kappa shape index (κ2) is 3.39. The van der Waals surface area contributed by atoms with Crippen molar-refractivity contribution in [2.45, 2.75) is 24.4 Å². The zero-order chi connectivity index (χ0) is 12.7. The number of rotatable bonds is 2. The summed E-state index contributed by atoms with van der Waals surface area (Å²) in [5, 5.41) is -1.10. The van der Waals surface area contributed by atoms with E-state index in [1.165, 1.54) is 0 Å². The van der Waals surface area contributed by atoms with Crippen molar-refractivity contribution in [3.63, 3.8) is 0 Å². The molecule has 0 bridgehead atoms. The zero-order valence-electron chi connectivity index (χ0n) is 6.28. The van der Waals surface area contributed by atoms with Crippen LogP contribution < -0.4 is 5.32 Å². The van der Waals surface area contributed by atoms with Gasteiger partial charge in [0.1, 0.15) is 0 Å². The maximum absolute atomic E-state index is 11.7. The zero-order valence-corrected chi connectivity index (χ0v) is 6.28. The molecular formula is C4HF10N. The van der Waals surface area contributed by atoms with Crippen LogP contribution in [-0.2, 0) is 0 Å². The fraction of sp³-hybridized carbons (Fsp3) is 1.00. The molecule has 0 unspecified atom stereocenters. The van der Waals surface area contributed by atoms with Gasteiger partial charge < -0.3 is 0 Å². The second-order valence-corrected chi connectivity index (χ2v) is 2.27. The first-order chi connectivity index (χ1) is 6.21. The van der Waals surface area contributed by atoms with Crippen LogP contribution in [0.15, 0.2) is 0 Å². The van der Waals surface area contributed by atoms with E-state index in [1.807, 2.05) is 0 Å². The summed E-state index contributed by atoms with van der Waals surface area (Å²) in [5.41, 5.74) is 0. The highest BCUT2D eigenvalue weighted by molar-refractivity contribution is 4.82. The third-order valence-electron chi connectivity index (χ3n) is 1.03. The van der Waals surface area contributed by atoms with E-state index in [9.17, 15) is 43.9 Å². The third-order valence-corrected chi connectivity index (χ3v) is 1.03. The Balaban J connectivity index is 4.89. The Morgan fingerprint density at radius 1 is 0.467 bits per heavy atom. The number of hydrogen-bond donors (Lipinski definition) is 1. The molecule has 0 aliphatic carbocycles. The number of hydrogen-bond acceptors (Lipinski definition) is 1. The van der Waals surface area contributed by atoms with Crippen LogP contribution in [0.4, 0.5) is 43.9 Å². The molecule has 0 aliphatic heterocycles. The van der Waals surface area contributed by atoms with E-state index in [-0.39, 0.29) is 0 Å². The highest BCUT2D eigenvalue weighted by Gasteiger charge is 2.68. The molecule has 1 nitrogen and oxygen atoms in total. The molecule has 0 rings (SSSR count). The van der Waals surface area contributed by atoms with Crippen LogP contribution in [0.3, 0.4) is 0 Å². The molecule has 11 heteroatoms. The maximum atomic E-state index is 11.7. The van der Waals surface area contributed by atoms with Gasteiger partial charge >= 0.3 is 24.4 Å². The molecule has 0 spiro atoms. The van der Waals surface area contributed by atoms with Crippen molar-refractivity contribution >= 4 is 0 Å². The number of halogens is 10. The molecule has 0 aliphatic rings. The van der Waals surface area contributed by atoms with Gasteiger partial charge in [0.25, 0.3) is 0 Å². The first kappa shape index (κ1) is 14.3. The topological polar surface area (TPSA) is 12.0 Å². The molecule has 0 saturated carbocycles. The molecule has 0 aromatic rings. The Hall–Kier alpha value is -0.740. The van der Waals surface area contributed by atoms with Crippen molar-refractivity contribution in [3.05, 3.63) is 0 Å². The van der Waals surface area contributed by atoms with Gasteiger partial charge in [-0.1, -0.05) is 0 Å². The van der Waals surface area contributed by atoms with Crippen LogP contribution >= 0.6 is 0 Å². The van der Waals surface area contributed by atoms with E-state index in [0.29, 0.717) is 0 Å². The molecule has 0 radical (unpaired) electrons. The SMILES string of the molecule is FC(F)(F)C(F)(F)NC(F)(F)C(F)(F)F. The van der Waals surface area contributed by atoms with E-state index in [4.69, 9.17) is 0 Å². The van der Waals surface area contributed by atoms with Crippen molar-refractivity contribution < 1.29 is 43.9 Å². The minimum Gasteiger partial charge on any atom is -0.182 e. The standard InChI is InChI=1S/C4HF10N/c5-1(6,7)3(11,12)15-4(13,14)2(8,9)10/h15H. The average Bonchev–Trinajstić information content (AvgIpc) is 1.77. The van der Waals surface area contributed by atoms with Crippen LogP contribution in [0, 0.1) is 0 Å². The van der Waals surface area contributed by atoms with Crippen LogP contribution in [0.1, 0.15) is 0 Å². The summed E-state index contributed by atoms with van der Waals surface area (Å²) < 4.78 is 114. The summed E-state index contributed by atoms with van der Waals surface area (Å²) in [4.78, 5) is 0. The van der Waals surface area contributed by atoms with E-state index >= 15 is 0 Å². The van der Waals surface area contributed by atoms with Gasteiger partial charge in [0, 0.05) is 0 Å². The van der Waals surface area contributed by atoms with E-state index < -0.39 is 29.8 Å². The summed E-state index contributed by atoms with van der Waals surface area (Å²) in [6, 6.07) is -12.7. The van der Waals surface area contributed by atoms with Gasteiger partial charge in [0.05, 0.1) is 0 Å². The monoisotopic (exact) mass is 253 g/mol. The lowest BCUT2D eigenvalue weighted by atomic mass is 10.4. The lowest BCUT2D eigenvalue weighted by molar-refractivity contribution is -0.362. The van der Waals surface area contributed by atoms with Gasteiger partial charge in [-0.15, -0.1) is 0 Å². The van der Waals surface area contributed by atoms with Crippen molar-refractivity contribution in [1.29, 1.82) is 0 Å². The summed E-state index contributed by atoms with van der Waals surface area (Å²) in [6.45, 7) is 0. The molecule has 0 amide bonds. The second-order valence-electron chi connectivity index (χ2n) is 2.27. The van der Waals surface area contributed by atoms with Crippen LogP contribution in [0.2, 0.25) is 0 Å². The molecule has 0 aromatic carbocycles. The van der Waals surface area contributed by atoms with Crippen LogP contribution in [0.5, 0.6) is 0 Å². The molecular weight excluding hydrogens is 252 g/mol. The Labute approximate surface area is 75.0 Å². The summed E-state index contributed by atoms with van der Waals surface area (Å²) in [6.07, 6.45) is -13.1. The first-order valence-electron chi connectivity index (χ1n) is 2.89. The van der Waals surface area contributed by atoms with Gasteiger partial charge in [0.15, 0.2) is 0 Å². The van der Waals surface area contributed by atoms with Crippen molar-refractivity contribution in [2.75, 3.05) is 0 Å². The largest absolute Gasteiger partial charge is 0.469 e. The predicted octanol–water partition coefficient (Wildman–Crippen LogP) is 2.89. The van der Waals surface area contributed by atoms with Gasteiger partial charge in [-0.2, -0.15) is 49.2 Å². The molecule has 92 valence electrons. The fourth-order valence-corrected chi connectivity index (χ4v) is 0.339. The lowest BCUT2D eigenvalue weighted by Gasteiger charge is -2.27. The Bertz CT molecular complexity index is 199.